The monoisotopic (exact) mass is 252 g/mol. The Morgan fingerprint density at radius 1 is 1.53 bits per heavy atom. The number of likely N-dealkylation sites (N-methyl/N-ethyl adjacent to an activating group) is 1. The molecule has 4 heteroatoms. The molecule has 0 unspecified atom stereocenters. The van der Waals surface area contributed by atoms with Gasteiger partial charge < -0.3 is 10.2 Å². The third kappa shape index (κ3) is 2.91. The van der Waals surface area contributed by atoms with Gasteiger partial charge in [0.2, 0.25) is 5.91 Å². The van der Waals surface area contributed by atoms with E-state index in [2.05, 4.69) is 5.32 Å². The molecule has 1 amide bonds. The van der Waals surface area contributed by atoms with Crippen LogP contribution in [0.25, 0.3) is 0 Å². The molecule has 0 atom stereocenters. The minimum absolute atomic E-state index is 0.117. The Morgan fingerprint density at radius 3 is 2.82 bits per heavy atom. The minimum atomic E-state index is 0.117. The summed E-state index contributed by atoms with van der Waals surface area (Å²) in [6.45, 7) is 2.28. The standard InChI is InChI=1S/C13H17ClN2O/c1-9-4-3-5-11(14)13(9)15-8-12(17)16(2)10-6-7-10/h3-5,10,15H,6-8H2,1-2H3. The van der Waals surface area contributed by atoms with Gasteiger partial charge in [-0.05, 0) is 31.4 Å². The van der Waals surface area contributed by atoms with E-state index < -0.39 is 0 Å². The maximum atomic E-state index is 11.8. The third-order valence-electron chi connectivity index (χ3n) is 3.13. The van der Waals surface area contributed by atoms with Crippen molar-refractivity contribution in [1.29, 1.82) is 0 Å². The van der Waals surface area contributed by atoms with Gasteiger partial charge in [0.05, 0.1) is 17.3 Å². The van der Waals surface area contributed by atoms with Gasteiger partial charge in [0, 0.05) is 13.1 Å². The second-order valence-corrected chi connectivity index (χ2v) is 4.93. The number of nitrogens with zero attached hydrogens (tertiary/aromatic N) is 1. The molecule has 3 nitrogen and oxygen atoms in total. The van der Waals surface area contributed by atoms with E-state index in [0.717, 1.165) is 24.1 Å². The predicted molar refractivity (Wildman–Crippen MR) is 70.5 cm³/mol. The van der Waals surface area contributed by atoms with E-state index in [9.17, 15) is 4.79 Å². The fraction of sp³-hybridized carbons (Fsp3) is 0.462. The summed E-state index contributed by atoms with van der Waals surface area (Å²) in [5, 5.41) is 3.78. The van der Waals surface area contributed by atoms with Gasteiger partial charge in [-0.3, -0.25) is 4.79 Å². The molecule has 0 spiro atoms. The van der Waals surface area contributed by atoms with E-state index in [1.807, 2.05) is 37.1 Å². The molecular formula is C13H17ClN2O. The summed E-state index contributed by atoms with van der Waals surface area (Å²) in [5.74, 6) is 0.117. The van der Waals surface area contributed by atoms with E-state index in [1.54, 1.807) is 0 Å². The fourth-order valence-corrected chi connectivity index (χ4v) is 2.10. The molecule has 0 radical (unpaired) electrons. The van der Waals surface area contributed by atoms with Gasteiger partial charge in [0.15, 0.2) is 0 Å². The quantitative estimate of drug-likeness (QED) is 0.894. The van der Waals surface area contributed by atoms with Gasteiger partial charge in [-0.15, -0.1) is 0 Å². The lowest BCUT2D eigenvalue weighted by atomic mass is 10.2. The average molecular weight is 253 g/mol. The van der Waals surface area contributed by atoms with Crippen molar-refractivity contribution in [2.75, 3.05) is 18.9 Å². The van der Waals surface area contributed by atoms with Crippen molar-refractivity contribution in [3.05, 3.63) is 28.8 Å². The molecule has 1 aliphatic carbocycles. The first kappa shape index (κ1) is 12.2. The topological polar surface area (TPSA) is 32.3 Å². The van der Waals surface area contributed by atoms with Crippen molar-refractivity contribution in [1.82, 2.24) is 4.90 Å². The molecule has 0 heterocycles. The van der Waals surface area contributed by atoms with Crippen LogP contribution in [0.5, 0.6) is 0 Å². The number of para-hydroxylation sites is 1. The van der Waals surface area contributed by atoms with Crippen LogP contribution < -0.4 is 5.32 Å². The highest BCUT2D eigenvalue weighted by molar-refractivity contribution is 6.33. The third-order valence-corrected chi connectivity index (χ3v) is 3.44. The number of carbonyl (C=O) groups excluding carboxylic acids is 1. The van der Waals surface area contributed by atoms with Crippen molar-refractivity contribution < 1.29 is 4.79 Å². The van der Waals surface area contributed by atoms with Gasteiger partial charge >= 0.3 is 0 Å². The molecule has 92 valence electrons. The number of anilines is 1. The van der Waals surface area contributed by atoms with Gasteiger partial charge in [0.25, 0.3) is 0 Å². The summed E-state index contributed by atoms with van der Waals surface area (Å²) < 4.78 is 0. The zero-order chi connectivity index (χ0) is 12.4. The molecule has 0 bridgehead atoms. The SMILES string of the molecule is Cc1cccc(Cl)c1NCC(=O)N(C)C1CC1. The summed E-state index contributed by atoms with van der Waals surface area (Å²) in [4.78, 5) is 13.7. The largest absolute Gasteiger partial charge is 0.375 e. The molecule has 17 heavy (non-hydrogen) atoms. The molecule has 1 aromatic carbocycles. The van der Waals surface area contributed by atoms with E-state index in [-0.39, 0.29) is 5.91 Å². The normalized spacial score (nSPS) is 14.5. The summed E-state index contributed by atoms with van der Waals surface area (Å²) in [7, 11) is 1.86. The Kier molecular flexibility index (Phi) is 3.57. The Morgan fingerprint density at radius 2 is 2.24 bits per heavy atom. The predicted octanol–water partition coefficient (Wildman–Crippen LogP) is 2.68. The maximum Gasteiger partial charge on any atom is 0.241 e. The Hall–Kier alpha value is -1.22. The van der Waals surface area contributed by atoms with E-state index in [4.69, 9.17) is 11.6 Å². The summed E-state index contributed by atoms with van der Waals surface area (Å²) in [6, 6.07) is 6.16. The minimum Gasteiger partial charge on any atom is -0.375 e. The average Bonchev–Trinajstić information content (AvgIpc) is 3.11. The summed E-state index contributed by atoms with van der Waals surface area (Å²) >= 11 is 6.08. The Balaban J connectivity index is 1.95. The highest BCUT2D eigenvalue weighted by Gasteiger charge is 2.29. The number of nitrogens with one attached hydrogen (secondary N) is 1. The number of carbonyl (C=O) groups is 1. The lowest BCUT2D eigenvalue weighted by Gasteiger charge is -2.18. The first-order valence-electron chi connectivity index (χ1n) is 5.84. The zero-order valence-corrected chi connectivity index (χ0v) is 10.9. The molecule has 0 saturated heterocycles. The number of hydrogen-bond donors (Lipinski definition) is 1. The van der Waals surface area contributed by atoms with Crippen molar-refractivity contribution >= 4 is 23.2 Å². The first-order chi connectivity index (χ1) is 8.09. The molecule has 1 fully saturated rings. The van der Waals surface area contributed by atoms with E-state index >= 15 is 0 Å². The second-order valence-electron chi connectivity index (χ2n) is 4.52. The number of rotatable bonds is 4. The van der Waals surface area contributed by atoms with Gasteiger partial charge in [0.1, 0.15) is 0 Å². The van der Waals surface area contributed by atoms with E-state index in [0.29, 0.717) is 17.6 Å². The van der Waals surface area contributed by atoms with Crippen LogP contribution in [0.15, 0.2) is 18.2 Å². The highest BCUT2D eigenvalue weighted by Crippen LogP contribution is 2.27. The zero-order valence-electron chi connectivity index (χ0n) is 10.2. The molecule has 2 rings (SSSR count). The molecular weight excluding hydrogens is 236 g/mol. The second kappa shape index (κ2) is 4.96. The van der Waals surface area contributed by atoms with Crippen molar-refractivity contribution in [2.24, 2.45) is 0 Å². The van der Waals surface area contributed by atoms with Crippen LogP contribution in [0, 0.1) is 6.92 Å². The molecule has 1 aliphatic rings. The fourth-order valence-electron chi connectivity index (χ4n) is 1.81. The van der Waals surface area contributed by atoms with Gasteiger partial charge in [-0.25, -0.2) is 0 Å². The number of amides is 1. The number of benzene rings is 1. The molecule has 0 aliphatic heterocycles. The lowest BCUT2D eigenvalue weighted by Crippen LogP contribution is -2.33. The van der Waals surface area contributed by atoms with Crippen LogP contribution in [0.1, 0.15) is 18.4 Å². The Bertz CT molecular complexity index is 409. The van der Waals surface area contributed by atoms with Crippen LogP contribution in [0.3, 0.4) is 0 Å². The highest BCUT2D eigenvalue weighted by atomic mass is 35.5. The summed E-state index contributed by atoms with van der Waals surface area (Å²) in [5.41, 5.74) is 1.91. The molecule has 0 aromatic heterocycles. The number of aryl methyl sites for hydroxylation is 1. The van der Waals surface area contributed by atoms with Crippen LogP contribution in [-0.2, 0) is 4.79 Å². The molecule has 1 aromatic rings. The smallest absolute Gasteiger partial charge is 0.241 e. The first-order valence-corrected chi connectivity index (χ1v) is 6.22. The van der Waals surface area contributed by atoms with Crippen LogP contribution >= 0.6 is 11.6 Å². The number of hydrogen-bond acceptors (Lipinski definition) is 2. The number of halogens is 1. The van der Waals surface area contributed by atoms with Crippen molar-refractivity contribution in [3.63, 3.8) is 0 Å². The van der Waals surface area contributed by atoms with Crippen LogP contribution in [0.2, 0.25) is 5.02 Å². The van der Waals surface area contributed by atoms with Crippen molar-refractivity contribution in [3.8, 4) is 0 Å². The van der Waals surface area contributed by atoms with E-state index in [1.165, 1.54) is 0 Å². The molecule has 1 N–H and O–H groups in total. The van der Waals surface area contributed by atoms with Gasteiger partial charge in [-0.2, -0.15) is 0 Å². The Labute approximate surface area is 107 Å². The van der Waals surface area contributed by atoms with Crippen LogP contribution in [-0.4, -0.2) is 30.4 Å². The lowest BCUT2D eigenvalue weighted by molar-refractivity contribution is -0.128. The maximum absolute atomic E-state index is 11.8. The summed E-state index contributed by atoms with van der Waals surface area (Å²) in [6.07, 6.45) is 2.26. The molecule has 1 saturated carbocycles. The van der Waals surface area contributed by atoms with Crippen LogP contribution in [0.4, 0.5) is 5.69 Å². The van der Waals surface area contributed by atoms with Gasteiger partial charge in [-0.1, -0.05) is 23.7 Å². The van der Waals surface area contributed by atoms with Crippen molar-refractivity contribution in [2.45, 2.75) is 25.8 Å².